The second-order valence-electron chi connectivity index (χ2n) is 4.87. The van der Waals surface area contributed by atoms with E-state index in [0.717, 1.165) is 6.07 Å². The van der Waals surface area contributed by atoms with Gasteiger partial charge in [0.15, 0.2) is 0 Å². The summed E-state index contributed by atoms with van der Waals surface area (Å²) in [6, 6.07) is 3.98. The summed E-state index contributed by atoms with van der Waals surface area (Å²) in [7, 11) is 0. The lowest BCUT2D eigenvalue weighted by Crippen LogP contribution is -2.23. The van der Waals surface area contributed by atoms with Crippen molar-refractivity contribution < 1.29 is 9.13 Å². The van der Waals surface area contributed by atoms with Crippen LogP contribution in [0.15, 0.2) is 35.4 Å². The number of anilines is 1. The number of rotatable bonds is 4. The van der Waals surface area contributed by atoms with Crippen molar-refractivity contribution in [3.63, 3.8) is 0 Å². The van der Waals surface area contributed by atoms with Crippen molar-refractivity contribution in [1.82, 2.24) is 9.55 Å². The first kappa shape index (κ1) is 14.0. The van der Waals surface area contributed by atoms with E-state index in [1.165, 1.54) is 22.9 Å². The fraction of sp³-hybridized carbons (Fsp3) is 0.286. The van der Waals surface area contributed by atoms with E-state index >= 15 is 0 Å². The lowest BCUT2D eigenvalue weighted by atomic mass is 10.2. The molecule has 0 radical (unpaired) electrons. The molecule has 6 heteroatoms. The standard InChI is InChI=1S/C14H16FN3O2/c1-9(2)8-18-6-5-17-13(14(18)19)20-10-3-4-12(16)11(15)7-10/h3-7,9H,8,16H2,1-2H3. The molecule has 5 nitrogen and oxygen atoms in total. The van der Waals surface area contributed by atoms with Crippen molar-refractivity contribution in [2.75, 3.05) is 5.73 Å². The predicted molar refractivity (Wildman–Crippen MR) is 74.2 cm³/mol. The number of ether oxygens (including phenoxy) is 1. The van der Waals surface area contributed by atoms with Gasteiger partial charge in [0.05, 0.1) is 5.69 Å². The van der Waals surface area contributed by atoms with Gasteiger partial charge in [-0.25, -0.2) is 9.37 Å². The minimum atomic E-state index is -0.596. The highest BCUT2D eigenvalue weighted by Crippen LogP contribution is 2.21. The molecule has 0 aliphatic heterocycles. The molecule has 106 valence electrons. The number of hydrogen-bond donors (Lipinski definition) is 1. The zero-order valence-electron chi connectivity index (χ0n) is 11.3. The second kappa shape index (κ2) is 5.73. The molecule has 0 amide bonds. The van der Waals surface area contributed by atoms with Crippen LogP contribution in [-0.2, 0) is 6.54 Å². The molecule has 0 saturated carbocycles. The second-order valence-corrected chi connectivity index (χ2v) is 4.87. The van der Waals surface area contributed by atoms with E-state index in [-0.39, 0.29) is 22.9 Å². The van der Waals surface area contributed by atoms with Crippen molar-refractivity contribution in [1.29, 1.82) is 0 Å². The Morgan fingerprint density at radius 2 is 2.20 bits per heavy atom. The Balaban J connectivity index is 2.29. The Labute approximate surface area is 115 Å². The van der Waals surface area contributed by atoms with Crippen LogP contribution >= 0.6 is 0 Å². The number of halogens is 1. The van der Waals surface area contributed by atoms with Gasteiger partial charge in [0, 0.05) is 25.0 Å². The summed E-state index contributed by atoms with van der Waals surface area (Å²) in [5, 5.41) is 0. The minimum Gasteiger partial charge on any atom is -0.435 e. The van der Waals surface area contributed by atoms with Gasteiger partial charge in [-0.1, -0.05) is 13.8 Å². The molecule has 20 heavy (non-hydrogen) atoms. The van der Waals surface area contributed by atoms with Crippen molar-refractivity contribution in [2.45, 2.75) is 20.4 Å². The molecule has 0 spiro atoms. The Morgan fingerprint density at radius 1 is 1.45 bits per heavy atom. The van der Waals surface area contributed by atoms with Gasteiger partial charge in [0.2, 0.25) is 0 Å². The van der Waals surface area contributed by atoms with E-state index in [4.69, 9.17) is 10.5 Å². The molecular weight excluding hydrogens is 261 g/mol. The first-order valence-corrected chi connectivity index (χ1v) is 6.25. The maximum atomic E-state index is 13.3. The van der Waals surface area contributed by atoms with E-state index in [9.17, 15) is 9.18 Å². The van der Waals surface area contributed by atoms with Crippen LogP contribution in [0, 0.1) is 11.7 Å². The molecule has 0 atom stereocenters. The van der Waals surface area contributed by atoms with Gasteiger partial charge in [-0.2, -0.15) is 0 Å². The van der Waals surface area contributed by atoms with Crippen LogP contribution in [0.2, 0.25) is 0 Å². The van der Waals surface area contributed by atoms with Crippen molar-refractivity contribution in [2.24, 2.45) is 5.92 Å². The molecule has 1 heterocycles. The third kappa shape index (κ3) is 3.14. The number of nitrogens with zero attached hydrogens (tertiary/aromatic N) is 2. The summed E-state index contributed by atoms with van der Waals surface area (Å²) in [6.07, 6.45) is 3.07. The fourth-order valence-electron chi connectivity index (χ4n) is 1.72. The zero-order valence-corrected chi connectivity index (χ0v) is 11.3. The smallest absolute Gasteiger partial charge is 0.313 e. The van der Waals surface area contributed by atoms with E-state index in [1.54, 1.807) is 6.20 Å². The molecule has 2 aromatic rings. The predicted octanol–water partition coefficient (Wildman–Crippen LogP) is 2.41. The number of nitrogens with two attached hydrogens (primary N) is 1. The lowest BCUT2D eigenvalue weighted by Gasteiger charge is -2.10. The summed E-state index contributed by atoms with van der Waals surface area (Å²) in [4.78, 5) is 16.0. The van der Waals surface area contributed by atoms with Crippen LogP contribution in [-0.4, -0.2) is 9.55 Å². The Hall–Kier alpha value is -2.37. The zero-order chi connectivity index (χ0) is 14.7. The molecular formula is C14H16FN3O2. The Morgan fingerprint density at radius 3 is 2.85 bits per heavy atom. The SMILES string of the molecule is CC(C)Cn1ccnc(Oc2ccc(N)c(F)c2)c1=O. The minimum absolute atomic E-state index is 0.0237. The quantitative estimate of drug-likeness (QED) is 0.871. The van der Waals surface area contributed by atoms with E-state index < -0.39 is 5.82 Å². The summed E-state index contributed by atoms with van der Waals surface area (Å²) < 4.78 is 20.2. The van der Waals surface area contributed by atoms with Crippen molar-refractivity contribution in [3.05, 3.63) is 46.8 Å². The number of benzene rings is 1. The van der Waals surface area contributed by atoms with Crippen molar-refractivity contribution in [3.8, 4) is 11.6 Å². The lowest BCUT2D eigenvalue weighted by molar-refractivity contribution is 0.430. The molecule has 2 rings (SSSR count). The molecule has 0 aliphatic rings. The van der Waals surface area contributed by atoms with Gasteiger partial charge in [-0.15, -0.1) is 0 Å². The monoisotopic (exact) mass is 277 g/mol. The average molecular weight is 277 g/mol. The number of hydrogen-bond acceptors (Lipinski definition) is 4. The molecule has 0 saturated heterocycles. The molecule has 1 aromatic heterocycles. The molecule has 0 unspecified atom stereocenters. The number of nitrogen functional groups attached to an aromatic ring is 1. The van der Waals surface area contributed by atoms with Crippen molar-refractivity contribution >= 4 is 5.69 Å². The van der Waals surface area contributed by atoms with E-state index in [1.807, 2.05) is 13.8 Å². The highest BCUT2D eigenvalue weighted by Gasteiger charge is 2.09. The van der Waals surface area contributed by atoms with Gasteiger partial charge in [-0.3, -0.25) is 4.79 Å². The van der Waals surface area contributed by atoms with E-state index in [2.05, 4.69) is 4.98 Å². The normalized spacial score (nSPS) is 10.8. The van der Waals surface area contributed by atoms with E-state index in [0.29, 0.717) is 12.5 Å². The maximum absolute atomic E-state index is 13.3. The number of aromatic nitrogens is 2. The highest BCUT2D eigenvalue weighted by molar-refractivity contribution is 5.44. The van der Waals surface area contributed by atoms with Gasteiger partial charge in [0.25, 0.3) is 5.88 Å². The van der Waals surface area contributed by atoms with Gasteiger partial charge in [-0.05, 0) is 18.1 Å². The van der Waals surface area contributed by atoms with Gasteiger partial charge >= 0.3 is 5.56 Å². The molecule has 0 bridgehead atoms. The molecule has 2 N–H and O–H groups in total. The van der Waals surface area contributed by atoms with Crippen LogP contribution in [0.5, 0.6) is 11.6 Å². The Kier molecular flexibility index (Phi) is 4.02. The average Bonchev–Trinajstić information content (AvgIpc) is 2.38. The molecule has 0 aliphatic carbocycles. The molecule has 1 aromatic carbocycles. The maximum Gasteiger partial charge on any atom is 0.313 e. The molecule has 0 fully saturated rings. The topological polar surface area (TPSA) is 70.1 Å². The first-order chi connectivity index (χ1) is 9.47. The third-order valence-corrected chi connectivity index (χ3v) is 2.63. The third-order valence-electron chi connectivity index (χ3n) is 2.63. The van der Waals surface area contributed by atoms with Gasteiger partial charge in [0.1, 0.15) is 11.6 Å². The van der Waals surface area contributed by atoms with Crippen LogP contribution in [0.4, 0.5) is 10.1 Å². The van der Waals surface area contributed by atoms with Crippen LogP contribution in [0.3, 0.4) is 0 Å². The van der Waals surface area contributed by atoms with Crippen LogP contribution < -0.4 is 16.0 Å². The van der Waals surface area contributed by atoms with Crippen LogP contribution in [0.25, 0.3) is 0 Å². The summed E-state index contributed by atoms with van der Waals surface area (Å²) in [5.74, 6) is -0.182. The fourth-order valence-corrected chi connectivity index (χ4v) is 1.72. The van der Waals surface area contributed by atoms with Crippen LogP contribution in [0.1, 0.15) is 13.8 Å². The summed E-state index contributed by atoms with van der Waals surface area (Å²) in [5.41, 5.74) is 5.05. The largest absolute Gasteiger partial charge is 0.435 e. The Bertz CT molecular complexity index is 668. The van der Waals surface area contributed by atoms with Gasteiger partial charge < -0.3 is 15.0 Å². The summed E-state index contributed by atoms with van der Waals surface area (Å²) in [6.45, 7) is 4.57. The summed E-state index contributed by atoms with van der Waals surface area (Å²) >= 11 is 0. The first-order valence-electron chi connectivity index (χ1n) is 6.25. The highest BCUT2D eigenvalue weighted by atomic mass is 19.1.